The number of amides is 1. The van der Waals surface area contributed by atoms with Crippen LogP contribution in [0.5, 0.6) is 5.75 Å². The van der Waals surface area contributed by atoms with E-state index in [9.17, 15) is 9.90 Å². The van der Waals surface area contributed by atoms with Crippen molar-refractivity contribution in [3.8, 4) is 5.75 Å². The second-order valence-electron chi connectivity index (χ2n) is 5.69. The summed E-state index contributed by atoms with van der Waals surface area (Å²) in [7, 11) is 1.97. The first-order valence-corrected chi connectivity index (χ1v) is 7.16. The number of nitrogens with zero attached hydrogens (tertiary/aromatic N) is 1. The van der Waals surface area contributed by atoms with Gasteiger partial charge >= 0.3 is 0 Å². The van der Waals surface area contributed by atoms with E-state index in [2.05, 4.69) is 17.1 Å². The van der Waals surface area contributed by atoms with Crippen LogP contribution in [0.1, 0.15) is 32.8 Å². The zero-order valence-electron chi connectivity index (χ0n) is 12.9. The van der Waals surface area contributed by atoms with Gasteiger partial charge in [-0.2, -0.15) is 0 Å². The molecule has 4 heteroatoms. The van der Waals surface area contributed by atoms with E-state index in [1.54, 1.807) is 12.1 Å². The van der Waals surface area contributed by atoms with Crippen LogP contribution in [-0.2, 0) is 11.2 Å². The summed E-state index contributed by atoms with van der Waals surface area (Å²) in [4.78, 5) is 13.8. The number of phenols is 1. The molecule has 1 aromatic carbocycles. The topological polar surface area (TPSA) is 52.6 Å². The number of carbonyl (C=O) groups is 1. The lowest BCUT2D eigenvalue weighted by atomic mass is 10.1. The summed E-state index contributed by atoms with van der Waals surface area (Å²) in [5.74, 6) is 0.364. The zero-order valence-corrected chi connectivity index (χ0v) is 12.9. The van der Waals surface area contributed by atoms with Gasteiger partial charge in [0.1, 0.15) is 5.75 Å². The number of aromatic hydroxyl groups is 1. The molecule has 0 radical (unpaired) electrons. The Kier molecular flexibility index (Phi) is 6.52. The summed E-state index contributed by atoms with van der Waals surface area (Å²) in [6, 6.07) is 7.81. The number of hydrogen-bond donors (Lipinski definition) is 2. The van der Waals surface area contributed by atoms with Gasteiger partial charge in [0.15, 0.2) is 0 Å². The highest BCUT2D eigenvalue weighted by Gasteiger charge is 2.13. The molecule has 1 aromatic rings. The largest absolute Gasteiger partial charge is 0.508 e. The van der Waals surface area contributed by atoms with E-state index in [1.807, 2.05) is 33.0 Å². The van der Waals surface area contributed by atoms with Crippen LogP contribution in [0, 0.1) is 0 Å². The van der Waals surface area contributed by atoms with Gasteiger partial charge in [-0.05, 0) is 58.4 Å². The fourth-order valence-corrected chi connectivity index (χ4v) is 2.01. The molecule has 0 aliphatic carbocycles. The monoisotopic (exact) mass is 278 g/mol. The summed E-state index contributed by atoms with van der Waals surface area (Å²) in [6.07, 6.45) is 1.92. The van der Waals surface area contributed by atoms with E-state index in [1.165, 1.54) is 5.56 Å². The van der Waals surface area contributed by atoms with Crippen molar-refractivity contribution in [1.29, 1.82) is 0 Å². The lowest BCUT2D eigenvalue weighted by Crippen LogP contribution is -2.41. The molecule has 0 aliphatic heterocycles. The molecule has 0 aromatic heterocycles. The van der Waals surface area contributed by atoms with Crippen molar-refractivity contribution < 1.29 is 9.90 Å². The summed E-state index contributed by atoms with van der Waals surface area (Å²) in [5.41, 5.74) is 1.20. The molecule has 0 fully saturated rings. The third kappa shape index (κ3) is 6.06. The van der Waals surface area contributed by atoms with Crippen LogP contribution in [0.2, 0.25) is 0 Å². The summed E-state index contributed by atoms with van der Waals surface area (Å²) in [6.45, 7) is 6.48. The highest BCUT2D eigenvalue weighted by molar-refractivity contribution is 5.78. The number of benzene rings is 1. The molecule has 4 nitrogen and oxygen atoms in total. The van der Waals surface area contributed by atoms with Crippen LogP contribution >= 0.6 is 0 Å². The number of nitrogens with one attached hydrogen (secondary N) is 1. The second kappa shape index (κ2) is 7.90. The number of aryl methyl sites for hydroxylation is 1. The van der Waals surface area contributed by atoms with Crippen molar-refractivity contribution in [2.75, 3.05) is 13.6 Å². The molecule has 0 aliphatic rings. The maximum absolute atomic E-state index is 11.7. The van der Waals surface area contributed by atoms with Crippen LogP contribution in [0.4, 0.5) is 0 Å². The maximum atomic E-state index is 11.7. The van der Waals surface area contributed by atoms with Gasteiger partial charge in [-0.3, -0.25) is 9.69 Å². The minimum atomic E-state index is 0.0685. The van der Waals surface area contributed by atoms with Crippen molar-refractivity contribution in [1.82, 2.24) is 10.2 Å². The second-order valence-corrected chi connectivity index (χ2v) is 5.69. The van der Waals surface area contributed by atoms with Crippen LogP contribution in [0.3, 0.4) is 0 Å². The minimum absolute atomic E-state index is 0.0685. The molecular formula is C16H26N2O2. The van der Waals surface area contributed by atoms with Gasteiger partial charge in [-0.1, -0.05) is 12.1 Å². The Morgan fingerprint density at radius 2 is 1.85 bits per heavy atom. The molecule has 0 heterocycles. The molecule has 1 amide bonds. The van der Waals surface area contributed by atoms with Crippen molar-refractivity contribution in [2.24, 2.45) is 0 Å². The molecule has 1 atom stereocenters. The number of hydrogen-bond acceptors (Lipinski definition) is 3. The summed E-state index contributed by atoms with van der Waals surface area (Å²) >= 11 is 0. The van der Waals surface area contributed by atoms with Crippen molar-refractivity contribution in [2.45, 2.75) is 45.7 Å². The SMILES string of the molecule is CC(C)NC(=O)CN(C)C(C)CCc1ccc(O)cc1. The Morgan fingerprint density at radius 3 is 2.40 bits per heavy atom. The van der Waals surface area contributed by atoms with Gasteiger partial charge in [0.2, 0.25) is 5.91 Å². The molecule has 1 rings (SSSR count). The van der Waals surface area contributed by atoms with Crippen LogP contribution in [0.25, 0.3) is 0 Å². The van der Waals surface area contributed by atoms with Crippen molar-refractivity contribution in [3.63, 3.8) is 0 Å². The van der Waals surface area contributed by atoms with Crippen molar-refractivity contribution in [3.05, 3.63) is 29.8 Å². The number of phenolic OH excluding ortho intramolecular Hbond substituents is 1. The van der Waals surface area contributed by atoms with Gasteiger partial charge in [0.25, 0.3) is 0 Å². The number of rotatable bonds is 7. The fourth-order valence-electron chi connectivity index (χ4n) is 2.01. The molecule has 1 unspecified atom stereocenters. The molecule has 112 valence electrons. The molecule has 20 heavy (non-hydrogen) atoms. The number of carbonyl (C=O) groups excluding carboxylic acids is 1. The molecule has 0 bridgehead atoms. The summed E-state index contributed by atoms with van der Waals surface area (Å²) < 4.78 is 0. The Bertz CT molecular complexity index is 415. The standard InChI is InChI=1S/C16H26N2O2/c1-12(2)17-16(20)11-18(4)13(3)5-6-14-7-9-15(19)10-8-14/h7-10,12-13,19H,5-6,11H2,1-4H3,(H,17,20). The Morgan fingerprint density at radius 1 is 1.25 bits per heavy atom. The lowest BCUT2D eigenvalue weighted by molar-refractivity contribution is -0.122. The van der Waals surface area contributed by atoms with Gasteiger partial charge in [-0.15, -0.1) is 0 Å². The molecule has 0 spiro atoms. The predicted octanol–water partition coefficient (Wildman–Crippen LogP) is 2.17. The first-order valence-electron chi connectivity index (χ1n) is 7.16. The normalized spacial score (nSPS) is 12.7. The van der Waals surface area contributed by atoms with Crippen molar-refractivity contribution >= 4 is 5.91 Å². The Balaban J connectivity index is 2.36. The molecule has 0 saturated heterocycles. The lowest BCUT2D eigenvalue weighted by Gasteiger charge is -2.24. The third-order valence-corrected chi connectivity index (χ3v) is 3.38. The quantitative estimate of drug-likeness (QED) is 0.803. The van der Waals surface area contributed by atoms with Gasteiger partial charge < -0.3 is 10.4 Å². The average Bonchev–Trinajstić information content (AvgIpc) is 2.36. The fraction of sp³-hybridized carbons (Fsp3) is 0.562. The first-order chi connectivity index (χ1) is 9.38. The first kappa shape index (κ1) is 16.5. The molecule has 0 saturated carbocycles. The van der Waals surface area contributed by atoms with Gasteiger partial charge in [-0.25, -0.2) is 0 Å². The van der Waals surface area contributed by atoms with E-state index in [0.29, 0.717) is 18.3 Å². The smallest absolute Gasteiger partial charge is 0.234 e. The predicted molar refractivity (Wildman–Crippen MR) is 81.8 cm³/mol. The highest BCUT2D eigenvalue weighted by Crippen LogP contribution is 2.13. The zero-order chi connectivity index (χ0) is 15.1. The van der Waals surface area contributed by atoms with Crippen LogP contribution in [0.15, 0.2) is 24.3 Å². The van der Waals surface area contributed by atoms with Gasteiger partial charge in [0, 0.05) is 12.1 Å². The van der Waals surface area contributed by atoms with E-state index >= 15 is 0 Å². The average molecular weight is 278 g/mol. The van der Waals surface area contributed by atoms with E-state index in [4.69, 9.17) is 0 Å². The molecular weight excluding hydrogens is 252 g/mol. The third-order valence-electron chi connectivity index (χ3n) is 3.38. The maximum Gasteiger partial charge on any atom is 0.234 e. The van der Waals surface area contributed by atoms with Gasteiger partial charge in [0.05, 0.1) is 6.54 Å². The van der Waals surface area contributed by atoms with E-state index in [0.717, 1.165) is 12.8 Å². The van der Waals surface area contributed by atoms with Crippen LogP contribution < -0.4 is 5.32 Å². The van der Waals surface area contributed by atoms with E-state index in [-0.39, 0.29) is 11.9 Å². The Hall–Kier alpha value is -1.55. The minimum Gasteiger partial charge on any atom is -0.508 e. The Labute approximate surface area is 121 Å². The summed E-state index contributed by atoms with van der Waals surface area (Å²) in [5, 5.41) is 12.1. The van der Waals surface area contributed by atoms with E-state index < -0.39 is 0 Å². The number of likely N-dealkylation sites (N-methyl/N-ethyl adjacent to an activating group) is 1. The highest BCUT2D eigenvalue weighted by atomic mass is 16.3. The van der Waals surface area contributed by atoms with Crippen LogP contribution in [-0.4, -0.2) is 41.6 Å². The molecule has 2 N–H and O–H groups in total.